The minimum Gasteiger partial charge on any atom is -0.481 e. The van der Waals surface area contributed by atoms with Crippen molar-refractivity contribution in [3.63, 3.8) is 0 Å². The molecule has 8 heteroatoms. The Labute approximate surface area is 121 Å². The Bertz CT molecular complexity index is 400. The Hall–Kier alpha value is -2.12. The zero-order valence-electron chi connectivity index (χ0n) is 12.0. The zero-order chi connectivity index (χ0) is 16.6. The van der Waals surface area contributed by atoms with Crippen molar-refractivity contribution >= 4 is 23.9 Å². The molecule has 0 amide bonds. The fourth-order valence-corrected chi connectivity index (χ4v) is 2.00. The van der Waals surface area contributed by atoms with Gasteiger partial charge in [-0.3, -0.25) is 19.2 Å². The van der Waals surface area contributed by atoms with Crippen LogP contribution in [0.5, 0.6) is 0 Å². The van der Waals surface area contributed by atoms with Gasteiger partial charge >= 0.3 is 23.9 Å². The van der Waals surface area contributed by atoms with Crippen LogP contribution >= 0.6 is 0 Å². The van der Waals surface area contributed by atoms with E-state index in [0.717, 1.165) is 12.8 Å². The SMILES string of the molecule is CCCCCOC(=O)C(C(=O)O)(C(=O)O)C(CC)C(=O)O. The van der Waals surface area contributed by atoms with E-state index in [1.165, 1.54) is 6.92 Å². The molecule has 0 aliphatic heterocycles. The van der Waals surface area contributed by atoms with Crippen molar-refractivity contribution in [3.8, 4) is 0 Å². The molecule has 0 aromatic rings. The Morgan fingerprint density at radius 1 is 1.00 bits per heavy atom. The molecule has 0 radical (unpaired) electrons. The predicted molar refractivity (Wildman–Crippen MR) is 69.6 cm³/mol. The molecule has 0 spiro atoms. The molecule has 0 saturated carbocycles. The number of carboxylic acid groups (broad SMARTS) is 3. The smallest absolute Gasteiger partial charge is 0.336 e. The van der Waals surface area contributed by atoms with Gasteiger partial charge in [0, 0.05) is 0 Å². The van der Waals surface area contributed by atoms with Crippen LogP contribution in [0.25, 0.3) is 0 Å². The summed E-state index contributed by atoms with van der Waals surface area (Å²) in [6.07, 6.45) is 1.66. The van der Waals surface area contributed by atoms with E-state index in [1.807, 2.05) is 6.92 Å². The number of ether oxygens (including phenoxy) is 1. The van der Waals surface area contributed by atoms with Gasteiger partial charge in [0.1, 0.15) is 0 Å². The van der Waals surface area contributed by atoms with Crippen molar-refractivity contribution < 1.29 is 39.2 Å². The number of aliphatic carboxylic acids is 3. The second-order valence-corrected chi connectivity index (χ2v) is 4.56. The van der Waals surface area contributed by atoms with Crippen molar-refractivity contribution in [3.05, 3.63) is 0 Å². The molecule has 0 aromatic carbocycles. The van der Waals surface area contributed by atoms with Gasteiger partial charge in [-0.1, -0.05) is 26.7 Å². The van der Waals surface area contributed by atoms with Gasteiger partial charge in [-0.25, -0.2) is 0 Å². The lowest BCUT2D eigenvalue weighted by molar-refractivity contribution is -0.188. The van der Waals surface area contributed by atoms with Gasteiger partial charge in [-0.05, 0) is 12.8 Å². The van der Waals surface area contributed by atoms with E-state index in [0.29, 0.717) is 6.42 Å². The molecular formula is C13H20O8. The molecule has 8 nitrogen and oxygen atoms in total. The molecular weight excluding hydrogens is 284 g/mol. The zero-order valence-corrected chi connectivity index (χ0v) is 12.0. The Balaban J connectivity index is 5.49. The number of unbranched alkanes of at least 4 members (excludes halogenated alkanes) is 2. The lowest BCUT2D eigenvalue weighted by atomic mass is 9.73. The van der Waals surface area contributed by atoms with Crippen LogP contribution in [-0.4, -0.2) is 45.8 Å². The van der Waals surface area contributed by atoms with E-state index in [-0.39, 0.29) is 13.0 Å². The highest BCUT2D eigenvalue weighted by Crippen LogP contribution is 2.33. The molecule has 0 saturated heterocycles. The summed E-state index contributed by atoms with van der Waals surface area (Å²) in [5, 5.41) is 27.4. The maximum absolute atomic E-state index is 12.0. The van der Waals surface area contributed by atoms with Crippen LogP contribution in [0.1, 0.15) is 39.5 Å². The van der Waals surface area contributed by atoms with Crippen molar-refractivity contribution in [2.45, 2.75) is 39.5 Å². The van der Waals surface area contributed by atoms with Gasteiger partial charge in [-0.15, -0.1) is 0 Å². The van der Waals surface area contributed by atoms with Crippen LogP contribution in [0.15, 0.2) is 0 Å². The van der Waals surface area contributed by atoms with Crippen LogP contribution in [0.3, 0.4) is 0 Å². The highest BCUT2D eigenvalue weighted by Gasteiger charge is 2.63. The molecule has 0 heterocycles. The topological polar surface area (TPSA) is 138 Å². The molecule has 0 aromatic heterocycles. The number of hydrogen-bond acceptors (Lipinski definition) is 5. The van der Waals surface area contributed by atoms with Gasteiger partial charge in [0.05, 0.1) is 12.5 Å². The van der Waals surface area contributed by atoms with E-state index < -0.39 is 35.2 Å². The molecule has 0 aliphatic rings. The maximum atomic E-state index is 12.0. The molecule has 1 unspecified atom stereocenters. The lowest BCUT2D eigenvalue weighted by Gasteiger charge is -2.27. The summed E-state index contributed by atoms with van der Waals surface area (Å²) >= 11 is 0. The first-order chi connectivity index (χ1) is 9.76. The maximum Gasteiger partial charge on any atom is 0.336 e. The van der Waals surface area contributed by atoms with E-state index in [4.69, 9.17) is 9.84 Å². The van der Waals surface area contributed by atoms with Crippen molar-refractivity contribution in [2.24, 2.45) is 11.3 Å². The second kappa shape index (κ2) is 8.23. The predicted octanol–water partition coefficient (Wildman–Crippen LogP) is 0.986. The number of esters is 1. The number of carbonyl (C=O) groups excluding carboxylic acids is 1. The van der Waals surface area contributed by atoms with Gasteiger partial charge in [-0.2, -0.15) is 0 Å². The summed E-state index contributed by atoms with van der Waals surface area (Å²) in [5.41, 5.74) is -3.13. The number of carbonyl (C=O) groups is 4. The van der Waals surface area contributed by atoms with Crippen molar-refractivity contribution in [2.75, 3.05) is 6.61 Å². The third-order valence-electron chi connectivity index (χ3n) is 3.21. The third kappa shape index (κ3) is 3.93. The summed E-state index contributed by atoms with van der Waals surface area (Å²) in [6.45, 7) is 3.05. The largest absolute Gasteiger partial charge is 0.481 e. The van der Waals surface area contributed by atoms with E-state index in [2.05, 4.69) is 0 Å². The van der Waals surface area contributed by atoms with Gasteiger partial charge in [0.2, 0.25) is 0 Å². The quantitative estimate of drug-likeness (QED) is 0.308. The van der Waals surface area contributed by atoms with Crippen molar-refractivity contribution in [1.82, 2.24) is 0 Å². The number of rotatable bonds is 10. The van der Waals surface area contributed by atoms with Crippen LogP contribution in [0.2, 0.25) is 0 Å². The highest BCUT2D eigenvalue weighted by atomic mass is 16.5. The second-order valence-electron chi connectivity index (χ2n) is 4.56. The molecule has 0 fully saturated rings. The molecule has 3 N–H and O–H groups in total. The minimum absolute atomic E-state index is 0.148. The third-order valence-corrected chi connectivity index (χ3v) is 3.21. The molecule has 0 bridgehead atoms. The van der Waals surface area contributed by atoms with E-state index in [9.17, 15) is 29.4 Å². The van der Waals surface area contributed by atoms with Gasteiger partial charge in [0.25, 0.3) is 5.41 Å². The Morgan fingerprint density at radius 2 is 1.52 bits per heavy atom. The van der Waals surface area contributed by atoms with Crippen LogP contribution in [0, 0.1) is 11.3 Å². The minimum atomic E-state index is -3.13. The first-order valence-corrected chi connectivity index (χ1v) is 6.63. The first kappa shape index (κ1) is 18.9. The molecule has 0 aliphatic carbocycles. The molecule has 0 rings (SSSR count). The Morgan fingerprint density at radius 3 is 1.86 bits per heavy atom. The van der Waals surface area contributed by atoms with Gasteiger partial charge < -0.3 is 20.1 Å². The number of carboxylic acids is 3. The Kier molecular flexibility index (Phi) is 7.40. The van der Waals surface area contributed by atoms with E-state index >= 15 is 0 Å². The van der Waals surface area contributed by atoms with Gasteiger partial charge in [0.15, 0.2) is 0 Å². The number of hydrogen-bond donors (Lipinski definition) is 3. The van der Waals surface area contributed by atoms with Crippen LogP contribution in [0.4, 0.5) is 0 Å². The van der Waals surface area contributed by atoms with Crippen molar-refractivity contribution in [1.29, 1.82) is 0 Å². The summed E-state index contributed by atoms with van der Waals surface area (Å²) in [4.78, 5) is 45.8. The van der Waals surface area contributed by atoms with Crippen LogP contribution in [-0.2, 0) is 23.9 Å². The monoisotopic (exact) mass is 304 g/mol. The summed E-state index contributed by atoms with van der Waals surface area (Å²) in [5.74, 6) is -9.21. The summed E-state index contributed by atoms with van der Waals surface area (Å²) < 4.78 is 4.70. The summed E-state index contributed by atoms with van der Waals surface area (Å²) in [7, 11) is 0. The summed E-state index contributed by atoms with van der Waals surface area (Å²) in [6, 6.07) is 0. The fourth-order valence-electron chi connectivity index (χ4n) is 2.00. The lowest BCUT2D eigenvalue weighted by Crippen LogP contribution is -2.55. The first-order valence-electron chi connectivity index (χ1n) is 6.63. The average molecular weight is 304 g/mol. The molecule has 120 valence electrons. The standard InChI is InChI=1S/C13H20O8/c1-3-5-6-7-21-12(20)13(10(16)17,11(18)19)8(4-2)9(14)15/h8H,3-7H2,1-2H3,(H,14,15)(H,16,17)(H,18,19). The molecule has 1 atom stereocenters. The fraction of sp³-hybridized carbons (Fsp3) is 0.692. The molecule has 21 heavy (non-hydrogen) atoms. The average Bonchev–Trinajstić information content (AvgIpc) is 2.38. The normalized spacial score (nSPS) is 12.5. The van der Waals surface area contributed by atoms with E-state index in [1.54, 1.807) is 0 Å². The van der Waals surface area contributed by atoms with Crippen LogP contribution < -0.4 is 0 Å². The highest BCUT2D eigenvalue weighted by molar-refractivity contribution is 6.19.